The number of nitrogens with zero attached hydrogens (tertiary/aromatic N) is 3. The molecule has 0 unspecified atom stereocenters. The van der Waals surface area contributed by atoms with E-state index < -0.39 is 10.2 Å². The highest BCUT2D eigenvalue weighted by Gasteiger charge is 2.33. The highest BCUT2D eigenvalue weighted by atomic mass is 32.2. The summed E-state index contributed by atoms with van der Waals surface area (Å²) in [5.74, 6) is -0.0904. The van der Waals surface area contributed by atoms with Gasteiger partial charge in [0.15, 0.2) is 0 Å². The molecule has 2 saturated heterocycles. The number of nitrogens with one attached hydrogen (secondary N) is 1. The lowest BCUT2D eigenvalue weighted by atomic mass is 9.96. The Hall–Kier alpha value is -1.19. The third-order valence-corrected chi connectivity index (χ3v) is 7.13. The molecule has 8 nitrogen and oxygen atoms in total. The molecule has 0 bridgehead atoms. The van der Waals surface area contributed by atoms with E-state index in [0.717, 1.165) is 25.7 Å². The van der Waals surface area contributed by atoms with Crippen LogP contribution >= 0.6 is 0 Å². The van der Waals surface area contributed by atoms with E-state index >= 15 is 0 Å². The van der Waals surface area contributed by atoms with Gasteiger partial charge in [-0.25, -0.2) is 0 Å². The van der Waals surface area contributed by atoms with Crippen molar-refractivity contribution in [2.75, 3.05) is 46.8 Å². The fourth-order valence-corrected chi connectivity index (χ4v) is 4.62. The van der Waals surface area contributed by atoms with Gasteiger partial charge in [-0.2, -0.15) is 17.0 Å². The SMILES string of the molecule is CN(C)S(=O)(=O)N1CCC(C(=O)N2CCCCCCNC(=O)CC2)CC1. The Morgan fingerprint density at radius 3 is 2.35 bits per heavy atom. The first kappa shape index (κ1) is 21.1. The smallest absolute Gasteiger partial charge is 0.281 e. The molecule has 0 aliphatic carbocycles. The Balaban J connectivity index is 1.93. The lowest BCUT2D eigenvalue weighted by Gasteiger charge is -2.34. The van der Waals surface area contributed by atoms with Gasteiger partial charge >= 0.3 is 0 Å². The zero-order chi connectivity index (χ0) is 19.2. The number of hydrogen-bond acceptors (Lipinski definition) is 4. The average Bonchev–Trinajstić information content (AvgIpc) is 2.66. The Morgan fingerprint density at radius 1 is 1.04 bits per heavy atom. The molecule has 2 aliphatic heterocycles. The number of carbonyl (C=O) groups excluding carboxylic acids is 2. The first-order chi connectivity index (χ1) is 12.3. The first-order valence-electron chi connectivity index (χ1n) is 9.55. The first-order valence-corrected chi connectivity index (χ1v) is 10.9. The topological polar surface area (TPSA) is 90.0 Å². The van der Waals surface area contributed by atoms with E-state index in [4.69, 9.17) is 0 Å². The van der Waals surface area contributed by atoms with Crippen molar-refractivity contribution in [1.29, 1.82) is 0 Å². The van der Waals surface area contributed by atoms with Gasteiger partial charge in [0.1, 0.15) is 0 Å². The van der Waals surface area contributed by atoms with Crippen molar-refractivity contribution >= 4 is 22.0 Å². The monoisotopic (exact) mass is 388 g/mol. The molecule has 2 heterocycles. The summed E-state index contributed by atoms with van der Waals surface area (Å²) >= 11 is 0. The molecule has 2 rings (SSSR count). The van der Waals surface area contributed by atoms with E-state index in [1.807, 2.05) is 4.90 Å². The van der Waals surface area contributed by atoms with E-state index in [-0.39, 0.29) is 17.7 Å². The molecular formula is C17H32N4O4S. The van der Waals surface area contributed by atoms with E-state index in [2.05, 4.69) is 5.32 Å². The highest BCUT2D eigenvalue weighted by molar-refractivity contribution is 7.86. The zero-order valence-corrected chi connectivity index (χ0v) is 16.8. The molecule has 2 fully saturated rings. The summed E-state index contributed by atoms with van der Waals surface area (Å²) in [6.45, 7) is 2.57. The minimum absolute atomic E-state index is 0.00315. The van der Waals surface area contributed by atoms with Crippen molar-refractivity contribution in [3.63, 3.8) is 0 Å². The molecule has 9 heteroatoms. The standard InChI is InChI=1S/C17H32N4O4S/c1-19(2)26(24,25)21-13-7-15(8-14-21)17(23)20-11-6-4-3-5-10-18-16(22)9-12-20/h15H,3-14H2,1-2H3,(H,18,22). The molecule has 0 spiro atoms. The van der Waals surface area contributed by atoms with E-state index in [1.165, 1.54) is 22.7 Å². The van der Waals surface area contributed by atoms with Crippen molar-refractivity contribution in [3.8, 4) is 0 Å². The van der Waals surface area contributed by atoms with Crippen LogP contribution in [0.5, 0.6) is 0 Å². The molecule has 0 aromatic rings. The zero-order valence-electron chi connectivity index (χ0n) is 15.9. The van der Waals surface area contributed by atoms with Gasteiger partial charge in [-0.3, -0.25) is 9.59 Å². The average molecular weight is 389 g/mol. The third kappa shape index (κ3) is 5.65. The Morgan fingerprint density at radius 2 is 1.69 bits per heavy atom. The van der Waals surface area contributed by atoms with Gasteiger partial charge < -0.3 is 10.2 Å². The molecule has 0 radical (unpaired) electrons. The normalized spacial score (nSPS) is 22.7. The minimum Gasteiger partial charge on any atom is -0.356 e. The number of rotatable bonds is 3. The van der Waals surface area contributed by atoms with E-state index in [1.54, 1.807) is 0 Å². The van der Waals surface area contributed by atoms with Gasteiger partial charge in [-0.05, 0) is 25.7 Å². The van der Waals surface area contributed by atoms with Gasteiger partial charge in [0.2, 0.25) is 11.8 Å². The Bertz CT molecular complexity index is 586. The van der Waals surface area contributed by atoms with Crippen molar-refractivity contribution in [2.45, 2.75) is 44.9 Å². The summed E-state index contributed by atoms with van der Waals surface area (Å²) in [5.41, 5.74) is 0. The number of hydrogen-bond donors (Lipinski definition) is 1. The van der Waals surface area contributed by atoms with Crippen molar-refractivity contribution in [2.24, 2.45) is 5.92 Å². The molecule has 2 aliphatic rings. The van der Waals surface area contributed by atoms with E-state index in [9.17, 15) is 18.0 Å². The number of carbonyl (C=O) groups is 2. The van der Waals surface area contributed by atoms with Crippen LogP contribution in [-0.4, -0.2) is 80.6 Å². The molecule has 0 atom stereocenters. The largest absolute Gasteiger partial charge is 0.356 e. The molecular weight excluding hydrogens is 356 g/mol. The Kier molecular flexibility index (Phi) is 7.85. The fraction of sp³-hybridized carbons (Fsp3) is 0.882. The summed E-state index contributed by atoms with van der Waals surface area (Å²) < 4.78 is 27.0. The number of piperidine rings is 1. The summed E-state index contributed by atoms with van der Waals surface area (Å²) in [6.07, 6.45) is 5.46. The van der Waals surface area contributed by atoms with Crippen LogP contribution in [0.25, 0.3) is 0 Å². The van der Waals surface area contributed by atoms with Gasteiger partial charge in [-0.1, -0.05) is 12.8 Å². The van der Waals surface area contributed by atoms with Gasteiger partial charge in [-0.15, -0.1) is 0 Å². The summed E-state index contributed by atoms with van der Waals surface area (Å²) in [4.78, 5) is 26.6. The van der Waals surface area contributed by atoms with Crippen LogP contribution in [-0.2, 0) is 19.8 Å². The highest BCUT2D eigenvalue weighted by Crippen LogP contribution is 2.23. The molecule has 0 saturated carbocycles. The molecule has 0 aromatic heterocycles. The molecule has 26 heavy (non-hydrogen) atoms. The quantitative estimate of drug-likeness (QED) is 0.758. The second-order valence-corrected chi connectivity index (χ2v) is 9.45. The number of amides is 2. The van der Waals surface area contributed by atoms with Crippen LogP contribution in [0, 0.1) is 5.92 Å². The molecule has 0 aromatic carbocycles. The van der Waals surface area contributed by atoms with Crippen LogP contribution in [0.1, 0.15) is 44.9 Å². The summed E-state index contributed by atoms with van der Waals surface area (Å²) in [7, 11) is -0.376. The lowest BCUT2D eigenvalue weighted by Crippen LogP contribution is -2.48. The maximum absolute atomic E-state index is 12.9. The predicted molar refractivity (Wildman–Crippen MR) is 99.6 cm³/mol. The summed E-state index contributed by atoms with van der Waals surface area (Å²) in [5, 5.41) is 2.90. The molecule has 1 N–H and O–H groups in total. The molecule has 2 amide bonds. The predicted octanol–water partition coefficient (Wildman–Crippen LogP) is 0.414. The second kappa shape index (κ2) is 9.66. The van der Waals surface area contributed by atoms with Crippen molar-refractivity contribution in [1.82, 2.24) is 18.8 Å². The van der Waals surface area contributed by atoms with Crippen molar-refractivity contribution in [3.05, 3.63) is 0 Å². The van der Waals surface area contributed by atoms with Gasteiger partial charge in [0.25, 0.3) is 10.2 Å². The maximum atomic E-state index is 12.9. The van der Waals surface area contributed by atoms with Gasteiger partial charge in [0.05, 0.1) is 0 Å². The van der Waals surface area contributed by atoms with E-state index in [0.29, 0.717) is 52.0 Å². The summed E-state index contributed by atoms with van der Waals surface area (Å²) in [6, 6.07) is 0. The third-order valence-electron chi connectivity index (χ3n) is 5.19. The van der Waals surface area contributed by atoms with Gasteiger partial charge in [0, 0.05) is 59.2 Å². The molecule has 150 valence electrons. The van der Waals surface area contributed by atoms with Crippen LogP contribution < -0.4 is 5.32 Å². The van der Waals surface area contributed by atoms with Crippen LogP contribution in [0.15, 0.2) is 0 Å². The van der Waals surface area contributed by atoms with Crippen LogP contribution in [0.3, 0.4) is 0 Å². The Labute approximate surface area is 157 Å². The van der Waals surface area contributed by atoms with Crippen LogP contribution in [0.4, 0.5) is 0 Å². The fourth-order valence-electron chi connectivity index (χ4n) is 3.49. The van der Waals surface area contributed by atoms with Crippen molar-refractivity contribution < 1.29 is 18.0 Å². The maximum Gasteiger partial charge on any atom is 0.281 e. The lowest BCUT2D eigenvalue weighted by molar-refractivity contribution is -0.137. The second-order valence-electron chi connectivity index (χ2n) is 7.30. The minimum atomic E-state index is -3.42. The van der Waals surface area contributed by atoms with Crippen LogP contribution in [0.2, 0.25) is 0 Å².